The molecule has 1 aliphatic carbocycles. The molecular formula is C17H25N5O. The minimum Gasteiger partial charge on any atom is -0.424 e. The van der Waals surface area contributed by atoms with Gasteiger partial charge in [-0.25, -0.2) is 4.98 Å². The van der Waals surface area contributed by atoms with Crippen molar-refractivity contribution in [1.29, 1.82) is 0 Å². The van der Waals surface area contributed by atoms with Crippen molar-refractivity contribution in [2.45, 2.75) is 64.5 Å². The SMILES string of the molecule is CCc1nnc(CN2CCC[C@@H]2c2nc3c(n2C)CCCC3)o1. The fourth-order valence-electron chi connectivity index (χ4n) is 3.98. The van der Waals surface area contributed by atoms with Gasteiger partial charge in [0.2, 0.25) is 11.8 Å². The Bertz CT molecular complexity index is 689. The van der Waals surface area contributed by atoms with Gasteiger partial charge in [-0.1, -0.05) is 6.92 Å². The first-order valence-corrected chi connectivity index (χ1v) is 8.86. The fraction of sp³-hybridized carbons (Fsp3) is 0.706. The number of rotatable bonds is 4. The van der Waals surface area contributed by atoms with Crippen LogP contribution in [-0.2, 0) is 32.9 Å². The maximum Gasteiger partial charge on any atom is 0.230 e. The minimum atomic E-state index is 0.377. The van der Waals surface area contributed by atoms with Crippen LogP contribution >= 0.6 is 0 Å². The van der Waals surface area contributed by atoms with E-state index < -0.39 is 0 Å². The standard InChI is InChI=1S/C17H25N5O/c1-3-15-19-20-16(23-15)11-22-10-6-9-14(22)17-18-12-7-4-5-8-13(12)21(17)2/h14H,3-11H2,1-2H3/t14-/m1/s1. The average Bonchev–Trinajstić information content (AvgIpc) is 3.28. The molecule has 1 aliphatic heterocycles. The van der Waals surface area contributed by atoms with E-state index in [-0.39, 0.29) is 0 Å². The molecule has 0 unspecified atom stereocenters. The molecule has 0 saturated carbocycles. The number of aryl methyl sites for hydroxylation is 2. The Hall–Kier alpha value is -1.69. The van der Waals surface area contributed by atoms with Crippen molar-refractivity contribution in [3.05, 3.63) is 29.0 Å². The summed E-state index contributed by atoms with van der Waals surface area (Å²) in [5.74, 6) is 2.68. The summed E-state index contributed by atoms with van der Waals surface area (Å²) in [5, 5.41) is 8.26. The third-order valence-electron chi connectivity index (χ3n) is 5.22. The molecule has 1 atom stereocenters. The molecule has 6 heteroatoms. The summed E-state index contributed by atoms with van der Waals surface area (Å²) in [7, 11) is 2.19. The quantitative estimate of drug-likeness (QED) is 0.868. The van der Waals surface area contributed by atoms with Gasteiger partial charge < -0.3 is 8.98 Å². The maximum atomic E-state index is 5.70. The monoisotopic (exact) mass is 315 g/mol. The van der Waals surface area contributed by atoms with Crippen molar-refractivity contribution in [3.63, 3.8) is 0 Å². The summed E-state index contributed by atoms with van der Waals surface area (Å²) in [4.78, 5) is 7.45. The zero-order valence-electron chi connectivity index (χ0n) is 14.1. The fourth-order valence-corrected chi connectivity index (χ4v) is 3.98. The normalized spacial score (nSPS) is 21.7. The summed E-state index contributed by atoms with van der Waals surface area (Å²) in [5.41, 5.74) is 2.77. The van der Waals surface area contributed by atoms with Gasteiger partial charge in [0.05, 0.1) is 18.3 Å². The number of hydrogen-bond acceptors (Lipinski definition) is 5. The predicted octanol–water partition coefficient (Wildman–Crippen LogP) is 2.58. The minimum absolute atomic E-state index is 0.377. The van der Waals surface area contributed by atoms with E-state index in [2.05, 4.69) is 26.7 Å². The third-order valence-corrected chi connectivity index (χ3v) is 5.22. The van der Waals surface area contributed by atoms with Crippen LogP contribution in [0.4, 0.5) is 0 Å². The van der Waals surface area contributed by atoms with Crippen molar-refractivity contribution in [3.8, 4) is 0 Å². The number of imidazole rings is 1. The maximum absolute atomic E-state index is 5.70. The van der Waals surface area contributed by atoms with Crippen LogP contribution in [0, 0.1) is 0 Å². The summed E-state index contributed by atoms with van der Waals surface area (Å²) >= 11 is 0. The molecule has 124 valence electrons. The van der Waals surface area contributed by atoms with E-state index in [9.17, 15) is 0 Å². The van der Waals surface area contributed by atoms with Crippen LogP contribution in [0.15, 0.2) is 4.42 Å². The van der Waals surface area contributed by atoms with Crippen molar-refractivity contribution in [1.82, 2.24) is 24.6 Å². The third kappa shape index (κ3) is 2.69. The topological polar surface area (TPSA) is 60.0 Å². The van der Waals surface area contributed by atoms with Gasteiger partial charge in [0.25, 0.3) is 0 Å². The van der Waals surface area contributed by atoms with E-state index in [1.807, 2.05) is 6.92 Å². The number of nitrogens with zero attached hydrogens (tertiary/aromatic N) is 5. The number of likely N-dealkylation sites (tertiary alicyclic amines) is 1. The molecule has 23 heavy (non-hydrogen) atoms. The Morgan fingerprint density at radius 3 is 2.74 bits per heavy atom. The van der Waals surface area contributed by atoms with Crippen LogP contribution < -0.4 is 0 Å². The first kappa shape index (κ1) is 14.9. The van der Waals surface area contributed by atoms with E-state index >= 15 is 0 Å². The van der Waals surface area contributed by atoms with Crippen LogP contribution in [0.3, 0.4) is 0 Å². The van der Waals surface area contributed by atoms with Gasteiger partial charge in [0.1, 0.15) is 5.82 Å². The summed E-state index contributed by atoms with van der Waals surface area (Å²) in [6.45, 7) is 3.84. The molecule has 2 aromatic rings. The van der Waals surface area contributed by atoms with Crippen LogP contribution in [0.2, 0.25) is 0 Å². The smallest absolute Gasteiger partial charge is 0.230 e. The molecule has 0 spiro atoms. The van der Waals surface area contributed by atoms with E-state index in [1.165, 1.54) is 49.3 Å². The summed E-state index contributed by atoms with van der Waals surface area (Å²) in [6, 6.07) is 0.377. The van der Waals surface area contributed by atoms with Crippen molar-refractivity contribution in [2.24, 2.45) is 7.05 Å². The second-order valence-corrected chi connectivity index (χ2v) is 6.70. The highest BCUT2D eigenvalue weighted by Crippen LogP contribution is 2.34. The lowest BCUT2D eigenvalue weighted by Crippen LogP contribution is -2.25. The zero-order chi connectivity index (χ0) is 15.8. The van der Waals surface area contributed by atoms with Crippen LogP contribution in [0.25, 0.3) is 0 Å². The molecule has 3 heterocycles. The predicted molar refractivity (Wildman–Crippen MR) is 85.9 cm³/mol. The summed E-state index contributed by atoms with van der Waals surface area (Å²) in [6.07, 6.45) is 8.05. The van der Waals surface area contributed by atoms with Crippen molar-refractivity contribution < 1.29 is 4.42 Å². The second-order valence-electron chi connectivity index (χ2n) is 6.70. The highest BCUT2D eigenvalue weighted by atomic mass is 16.4. The van der Waals surface area contributed by atoms with Crippen molar-refractivity contribution in [2.75, 3.05) is 6.54 Å². The van der Waals surface area contributed by atoms with Crippen LogP contribution in [0.5, 0.6) is 0 Å². The lowest BCUT2D eigenvalue weighted by Gasteiger charge is -2.22. The molecule has 4 rings (SSSR count). The van der Waals surface area contributed by atoms with Gasteiger partial charge in [-0.3, -0.25) is 4.90 Å². The van der Waals surface area contributed by atoms with E-state index in [1.54, 1.807) is 0 Å². The highest BCUT2D eigenvalue weighted by Gasteiger charge is 2.32. The van der Waals surface area contributed by atoms with E-state index in [4.69, 9.17) is 9.40 Å². The Kier molecular flexibility index (Phi) is 3.93. The molecule has 0 amide bonds. The molecule has 1 saturated heterocycles. The molecule has 0 bridgehead atoms. The molecule has 6 nitrogen and oxygen atoms in total. The van der Waals surface area contributed by atoms with Crippen molar-refractivity contribution >= 4 is 0 Å². The molecular weight excluding hydrogens is 290 g/mol. The van der Waals surface area contributed by atoms with E-state index in [0.717, 1.165) is 37.7 Å². The number of aromatic nitrogens is 4. The number of hydrogen-bond donors (Lipinski definition) is 0. The van der Waals surface area contributed by atoms with Crippen LogP contribution in [0.1, 0.15) is 67.6 Å². The lowest BCUT2D eigenvalue weighted by atomic mass is 10.0. The second kappa shape index (κ2) is 6.07. The Balaban J connectivity index is 1.56. The summed E-state index contributed by atoms with van der Waals surface area (Å²) < 4.78 is 8.05. The molecule has 0 N–H and O–H groups in total. The first-order valence-electron chi connectivity index (χ1n) is 8.86. The van der Waals surface area contributed by atoms with Crippen LogP contribution in [-0.4, -0.2) is 31.2 Å². The van der Waals surface area contributed by atoms with Gasteiger partial charge in [-0.15, -0.1) is 10.2 Å². The van der Waals surface area contributed by atoms with Gasteiger partial charge in [0, 0.05) is 19.2 Å². The largest absolute Gasteiger partial charge is 0.424 e. The molecule has 0 radical (unpaired) electrons. The molecule has 0 aromatic carbocycles. The molecule has 2 aliphatic rings. The Labute approximate surface area is 136 Å². The first-order chi connectivity index (χ1) is 11.3. The van der Waals surface area contributed by atoms with Gasteiger partial charge in [0.15, 0.2) is 0 Å². The average molecular weight is 315 g/mol. The van der Waals surface area contributed by atoms with E-state index in [0.29, 0.717) is 6.04 Å². The lowest BCUT2D eigenvalue weighted by molar-refractivity contribution is 0.211. The molecule has 1 fully saturated rings. The number of fused-ring (bicyclic) bond motifs is 1. The Morgan fingerprint density at radius 1 is 1.13 bits per heavy atom. The molecule has 2 aromatic heterocycles. The van der Waals surface area contributed by atoms with Gasteiger partial charge >= 0.3 is 0 Å². The van der Waals surface area contributed by atoms with Gasteiger partial charge in [-0.05, 0) is 45.1 Å². The van der Waals surface area contributed by atoms with Gasteiger partial charge in [-0.2, -0.15) is 0 Å². The Morgan fingerprint density at radius 2 is 1.96 bits per heavy atom. The highest BCUT2D eigenvalue weighted by molar-refractivity contribution is 5.22. The zero-order valence-corrected chi connectivity index (χ0v) is 14.1.